The highest BCUT2D eigenvalue weighted by Gasteiger charge is 2.20. The first-order valence-corrected chi connectivity index (χ1v) is 7.69. The number of benzene rings is 2. The second kappa shape index (κ2) is 6.31. The molecule has 0 aliphatic heterocycles. The molecule has 6 heteroatoms. The van der Waals surface area contributed by atoms with Crippen molar-refractivity contribution in [2.45, 2.75) is 20.3 Å². The van der Waals surface area contributed by atoms with Gasteiger partial charge >= 0.3 is 0 Å². The molecular weight excluding hydrogens is 309 g/mol. The first kappa shape index (κ1) is 16.0. The lowest BCUT2D eigenvalue weighted by Crippen LogP contribution is -2.01. The van der Waals surface area contributed by atoms with Crippen molar-refractivity contribution in [2.24, 2.45) is 5.92 Å². The van der Waals surface area contributed by atoms with Crippen molar-refractivity contribution in [1.82, 2.24) is 14.8 Å². The average Bonchev–Trinajstić information content (AvgIpc) is 2.90. The van der Waals surface area contributed by atoms with Crippen molar-refractivity contribution in [1.29, 1.82) is 0 Å². The molecular formula is C18H18FN3O2. The number of rotatable bonds is 4. The molecule has 0 unspecified atom stereocenters. The Morgan fingerprint density at radius 1 is 1.04 bits per heavy atom. The summed E-state index contributed by atoms with van der Waals surface area (Å²) in [6, 6.07) is 10.3. The maximum atomic E-state index is 13.2. The predicted octanol–water partition coefficient (Wildman–Crippen LogP) is 3.68. The van der Waals surface area contributed by atoms with Gasteiger partial charge in [0.2, 0.25) is 0 Å². The standard InChI is InChI=1S/C18H18FN3O2/c1-11(2)10-16-20-18(17-14(23)4-3-5-15(17)24)22(21-16)13-8-6-12(19)7-9-13/h3-9,11,23-24H,10H2,1-2H3. The Kier molecular flexibility index (Phi) is 4.20. The van der Waals surface area contributed by atoms with Gasteiger partial charge in [0.1, 0.15) is 22.9 Å². The molecule has 0 amide bonds. The van der Waals surface area contributed by atoms with Gasteiger partial charge in [0.05, 0.1) is 5.69 Å². The summed E-state index contributed by atoms with van der Waals surface area (Å²) in [7, 11) is 0. The van der Waals surface area contributed by atoms with E-state index in [4.69, 9.17) is 0 Å². The molecule has 1 heterocycles. The van der Waals surface area contributed by atoms with Gasteiger partial charge < -0.3 is 10.2 Å². The number of aromatic hydroxyl groups is 2. The third kappa shape index (κ3) is 3.08. The number of hydrogen-bond donors (Lipinski definition) is 2. The smallest absolute Gasteiger partial charge is 0.170 e. The Bertz CT molecular complexity index is 837. The van der Waals surface area contributed by atoms with Crippen LogP contribution in [0.2, 0.25) is 0 Å². The molecule has 0 aliphatic carbocycles. The summed E-state index contributed by atoms with van der Waals surface area (Å²) in [6.07, 6.45) is 0.648. The monoisotopic (exact) mass is 327 g/mol. The number of nitrogens with zero attached hydrogens (tertiary/aromatic N) is 3. The van der Waals surface area contributed by atoms with Gasteiger partial charge in [-0.15, -0.1) is 0 Å². The van der Waals surface area contributed by atoms with Crippen LogP contribution in [0.3, 0.4) is 0 Å². The third-order valence-corrected chi connectivity index (χ3v) is 3.56. The molecule has 5 nitrogen and oxygen atoms in total. The Labute approximate surface area is 139 Å². The lowest BCUT2D eigenvalue weighted by atomic mass is 10.1. The molecule has 1 aromatic heterocycles. The minimum Gasteiger partial charge on any atom is -0.507 e. The van der Waals surface area contributed by atoms with Crippen molar-refractivity contribution in [2.75, 3.05) is 0 Å². The zero-order valence-electron chi connectivity index (χ0n) is 13.4. The number of halogens is 1. The van der Waals surface area contributed by atoms with Crippen molar-refractivity contribution < 1.29 is 14.6 Å². The Morgan fingerprint density at radius 3 is 2.25 bits per heavy atom. The number of phenols is 2. The maximum Gasteiger partial charge on any atom is 0.170 e. The Morgan fingerprint density at radius 2 is 1.67 bits per heavy atom. The topological polar surface area (TPSA) is 71.2 Å². The highest BCUT2D eigenvalue weighted by Crippen LogP contribution is 2.36. The summed E-state index contributed by atoms with van der Waals surface area (Å²) in [5.74, 6) is 0.705. The first-order chi connectivity index (χ1) is 11.5. The fraction of sp³-hybridized carbons (Fsp3) is 0.222. The summed E-state index contributed by atoms with van der Waals surface area (Å²) < 4.78 is 14.7. The van der Waals surface area contributed by atoms with Gasteiger partial charge in [-0.05, 0) is 42.3 Å². The molecule has 0 saturated carbocycles. The molecule has 3 aromatic rings. The zero-order valence-corrected chi connectivity index (χ0v) is 13.4. The summed E-state index contributed by atoms with van der Waals surface area (Å²) in [5, 5.41) is 24.8. The van der Waals surface area contributed by atoms with E-state index in [2.05, 4.69) is 23.9 Å². The number of hydrogen-bond acceptors (Lipinski definition) is 4. The van der Waals surface area contributed by atoms with Crippen LogP contribution in [0.15, 0.2) is 42.5 Å². The van der Waals surface area contributed by atoms with E-state index in [0.29, 0.717) is 29.7 Å². The van der Waals surface area contributed by atoms with Crippen molar-refractivity contribution in [3.8, 4) is 28.6 Å². The minimum atomic E-state index is -0.353. The van der Waals surface area contributed by atoms with Gasteiger partial charge in [0.25, 0.3) is 0 Å². The molecule has 0 bridgehead atoms. The van der Waals surface area contributed by atoms with Gasteiger partial charge in [0, 0.05) is 6.42 Å². The van der Waals surface area contributed by atoms with Gasteiger partial charge in [0.15, 0.2) is 11.6 Å². The first-order valence-electron chi connectivity index (χ1n) is 7.69. The summed E-state index contributed by atoms with van der Waals surface area (Å²) >= 11 is 0. The van der Waals surface area contributed by atoms with Gasteiger partial charge in [-0.1, -0.05) is 19.9 Å². The van der Waals surface area contributed by atoms with E-state index in [9.17, 15) is 14.6 Å². The SMILES string of the molecule is CC(C)Cc1nc(-c2c(O)cccc2O)n(-c2ccc(F)cc2)n1. The Hall–Kier alpha value is -2.89. The molecule has 2 aromatic carbocycles. The van der Waals surface area contributed by atoms with E-state index in [1.165, 1.54) is 28.9 Å². The van der Waals surface area contributed by atoms with E-state index in [1.807, 2.05) is 0 Å². The molecule has 124 valence electrons. The van der Waals surface area contributed by atoms with Crippen LogP contribution in [0.4, 0.5) is 4.39 Å². The average molecular weight is 327 g/mol. The minimum absolute atomic E-state index is 0.0955. The molecule has 0 aliphatic rings. The maximum absolute atomic E-state index is 13.2. The van der Waals surface area contributed by atoms with Gasteiger partial charge in [-0.2, -0.15) is 5.10 Å². The fourth-order valence-electron chi connectivity index (χ4n) is 2.49. The molecule has 0 saturated heterocycles. The van der Waals surface area contributed by atoms with E-state index < -0.39 is 0 Å². The predicted molar refractivity (Wildman–Crippen MR) is 88.6 cm³/mol. The van der Waals surface area contributed by atoms with E-state index in [1.54, 1.807) is 18.2 Å². The van der Waals surface area contributed by atoms with Crippen LogP contribution in [0.1, 0.15) is 19.7 Å². The zero-order chi connectivity index (χ0) is 17.3. The molecule has 0 fully saturated rings. The lowest BCUT2D eigenvalue weighted by molar-refractivity contribution is 0.453. The second-order valence-corrected chi connectivity index (χ2v) is 6.01. The fourth-order valence-corrected chi connectivity index (χ4v) is 2.49. The molecule has 0 radical (unpaired) electrons. The highest BCUT2D eigenvalue weighted by molar-refractivity contribution is 5.72. The van der Waals surface area contributed by atoms with Crippen LogP contribution >= 0.6 is 0 Å². The third-order valence-electron chi connectivity index (χ3n) is 3.56. The van der Waals surface area contributed by atoms with Crippen LogP contribution < -0.4 is 0 Å². The van der Waals surface area contributed by atoms with Crippen LogP contribution in [0, 0.1) is 11.7 Å². The van der Waals surface area contributed by atoms with Crippen molar-refractivity contribution >= 4 is 0 Å². The normalized spacial score (nSPS) is 11.2. The number of aromatic nitrogens is 3. The lowest BCUT2D eigenvalue weighted by Gasteiger charge is -2.09. The van der Waals surface area contributed by atoms with Crippen molar-refractivity contribution in [3.63, 3.8) is 0 Å². The van der Waals surface area contributed by atoms with E-state index >= 15 is 0 Å². The van der Waals surface area contributed by atoms with Crippen LogP contribution in [-0.4, -0.2) is 25.0 Å². The summed E-state index contributed by atoms with van der Waals surface area (Å²) in [4.78, 5) is 4.48. The largest absolute Gasteiger partial charge is 0.507 e. The van der Waals surface area contributed by atoms with Gasteiger partial charge in [-0.3, -0.25) is 0 Å². The van der Waals surface area contributed by atoms with Gasteiger partial charge in [-0.25, -0.2) is 14.1 Å². The highest BCUT2D eigenvalue weighted by atomic mass is 19.1. The van der Waals surface area contributed by atoms with Crippen molar-refractivity contribution in [3.05, 3.63) is 54.1 Å². The summed E-state index contributed by atoms with van der Waals surface area (Å²) in [6.45, 7) is 4.10. The summed E-state index contributed by atoms with van der Waals surface area (Å²) in [5.41, 5.74) is 0.792. The second-order valence-electron chi connectivity index (χ2n) is 6.01. The van der Waals surface area contributed by atoms with E-state index in [0.717, 1.165) is 0 Å². The molecule has 2 N–H and O–H groups in total. The molecule has 0 atom stereocenters. The Balaban J connectivity index is 2.20. The number of phenolic OH excluding ortho intramolecular Hbond substituents is 2. The molecule has 24 heavy (non-hydrogen) atoms. The van der Waals surface area contributed by atoms with Crippen LogP contribution in [0.25, 0.3) is 17.1 Å². The molecule has 0 spiro atoms. The van der Waals surface area contributed by atoms with E-state index in [-0.39, 0.29) is 22.9 Å². The molecule has 3 rings (SSSR count). The quantitative estimate of drug-likeness (QED) is 0.767. The van der Waals surface area contributed by atoms with Crippen LogP contribution in [-0.2, 0) is 6.42 Å². The van der Waals surface area contributed by atoms with Crippen LogP contribution in [0.5, 0.6) is 11.5 Å².